The highest BCUT2D eigenvalue weighted by molar-refractivity contribution is 5.88. The number of aromatic carboxylic acids is 1. The van der Waals surface area contributed by atoms with E-state index in [0.29, 0.717) is 6.07 Å². The molecule has 0 spiro atoms. The molecule has 16 heavy (non-hydrogen) atoms. The van der Waals surface area contributed by atoms with Gasteiger partial charge in [0.25, 0.3) is 0 Å². The second-order valence-corrected chi connectivity index (χ2v) is 3.12. The Morgan fingerprint density at radius 1 is 1.12 bits per heavy atom. The fourth-order valence-electron chi connectivity index (χ4n) is 1.19. The second-order valence-electron chi connectivity index (χ2n) is 3.12. The molecule has 0 aromatic heterocycles. The Morgan fingerprint density at radius 2 is 1.75 bits per heavy atom. The van der Waals surface area contributed by atoms with Crippen molar-refractivity contribution in [3.63, 3.8) is 0 Å². The highest BCUT2D eigenvalue weighted by Gasteiger charge is 2.15. The van der Waals surface area contributed by atoms with E-state index in [1.165, 1.54) is 0 Å². The first-order valence-corrected chi connectivity index (χ1v) is 4.35. The van der Waals surface area contributed by atoms with E-state index in [1.54, 1.807) is 0 Å². The normalized spacial score (nSPS) is 10.1. The third-order valence-corrected chi connectivity index (χ3v) is 1.97. The lowest BCUT2D eigenvalue weighted by atomic mass is 10.1. The molecular formula is C10H8F2O4. The van der Waals surface area contributed by atoms with Crippen molar-refractivity contribution in [1.82, 2.24) is 0 Å². The molecule has 0 atom stereocenters. The highest BCUT2D eigenvalue weighted by atomic mass is 19.1. The van der Waals surface area contributed by atoms with Crippen LogP contribution in [-0.2, 0) is 11.2 Å². The van der Waals surface area contributed by atoms with E-state index in [4.69, 9.17) is 10.2 Å². The van der Waals surface area contributed by atoms with Gasteiger partial charge < -0.3 is 10.2 Å². The maximum absolute atomic E-state index is 13.1. The molecule has 0 aliphatic heterocycles. The second kappa shape index (κ2) is 4.69. The van der Waals surface area contributed by atoms with Crippen molar-refractivity contribution in [1.29, 1.82) is 0 Å². The van der Waals surface area contributed by atoms with E-state index in [2.05, 4.69) is 0 Å². The van der Waals surface area contributed by atoms with E-state index in [0.717, 1.165) is 6.07 Å². The predicted molar refractivity (Wildman–Crippen MR) is 49.3 cm³/mol. The summed E-state index contributed by atoms with van der Waals surface area (Å²) < 4.78 is 26.1. The van der Waals surface area contributed by atoms with Crippen molar-refractivity contribution < 1.29 is 28.6 Å². The summed E-state index contributed by atoms with van der Waals surface area (Å²) in [7, 11) is 0. The minimum absolute atomic E-state index is 0.124. The number of aliphatic carboxylic acids is 1. The largest absolute Gasteiger partial charge is 0.481 e. The summed E-state index contributed by atoms with van der Waals surface area (Å²) in [5, 5.41) is 17.0. The first kappa shape index (κ1) is 12.1. The number of carboxylic acids is 2. The summed E-state index contributed by atoms with van der Waals surface area (Å²) in [5.74, 6) is -4.78. The Hall–Kier alpha value is -1.98. The van der Waals surface area contributed by atoms with Gasteiger partial charge in [-0.05, 0) is 18.1 Å². The van der Waals surface area contributed by atoms with Gasteiger partial charge in [-0.3, -0.25) is 4.79 Å². The van der Waals surface area contributed by atoms with Gasteiger partial charge in [-0.1, -0.05) is 0 Å². The molecule has 0 saturated carbocycles. The highest BCUT2D eigenvalue weighted by Crippen LogP contribution is 2.16. The third kappa shape index (κ3) is 2.75. The molecule has 0 aliphatic rings. The number of carboxylic acid groups (broad SMARTS) is 2. The van der Waals surface area contributed by atoms with Crippen LogP contribution in [0.5, 0.6) is 0 Å². The zero-order chi connectivity index (χ0) is 12.3. The van der Waals surface area contributed by atoms with Gasteiger partial charge in [0.15, 0.2) is 0 Å². The first-order valence-electron chi connectivity index (χ1n) is 4.35. The van der Waals surface area contributed by atoms with Crippen LogP contribution in [0.3, 0.4) is 0 Å². The van der Waals surface area contributed by atoms with Crippen LogP contribution in [0.15, 0.2) is 12.1 Å². The molecule has 0 unspecified atom stereocenters. The van der Waals surface area contributed by atoms with Crippen LogP contribution in [0.4, 0.5) is 8.78 Å². The number of benzene rings is 1. The maximum Gasteiger partial charge on any atom is 0.338 e. The van der Waals surface area contributed by atoms with Gasteiger partial charge in [0.05, 0.1) is 5.56 Å². The fraction of sp³-hybridized carbons (Fsp3) is 0.200. The molecule has 1 rings (SSSR count). The summed E-state index contributed by atoms with van der Waals surface area (Å²) >= 11 is 0. The van der Waals surface area contributed by atoms with Crippen LogP contribution in [0.1, 0.15) is 22.3 Å². The summed E-state index contributed by atoms with van der Waals surface area (Å²) in [6.07, 6.45) is -0.524. The summed E-state index contributed by atoms with van der Waals surface area (Å²) in [6, 6.07) is 1.26. The van der Waals surface area contributed by atoms with Gasteiger partial charge in [0.1, 0.15) is 11.6 Å². The molecule has 86 valence electrons. The number of aryl methyl sites for hydroxylation is 1. The summed E-state index contributed by atoms with van der Waals surface area (Å²) in [5.41, 5.74) is -0.789. The van der Waals surface area contributed by atoms with E-state index >= 15 is 0 Å². The smallest absolute Gasteiger partial charge is 0.338 e. The van der Waals surface area contributed by atoms with E-state index in [-0.39, 0.29) is 18.4 Å². The molecule has 0 bridgehead atoms. The van der Waals surface area contributed by atoms with Gasteiger partial charge in [0.2, 0.25) is 0 Å². The molecule has 2 N–H and O–H groups in total. The van der Waals surface area contributed by atoms with E-state index in [9.17, 15) is 18.4 Å². The molecule has 0 amide bonds. The summed E-state index contributed by atoms with van der Waals surface area (Å²) in [4.78, 5) is 20.8. The lowest BCUT2D eigenvalue weighted by Gasteiger charge is -2.04. The Morgan fingerprint density at radius 3 is 2.25 bits per heavy atom. The minimum atomic E-state index is -1.52. The van der Waals surface area contributed by atoms with Crippen LogP contribution in [0, 0.1) is 11.6 Å². The number of hydrogen-bond donors (Lipinski definition) is 2. The van der Waals surface area contributed by atoms with Crippen LogP contribution in [0.2, 0.25) is 0 Å². The van der Waals surface area contributed by atoms with Crippen molar-refractivity contribution in [3.05, 3.63) is 34.9 Å². The monoisotopic (exact) mass is 230 g/mol. The SMILES string of the molecule is O=C(O)CCc1cc(C(=O)O)c(F)cc1F. The molecule has 6 heteroatoms. The van der Waals surface area contributed by atoms with Crippen LogP contribution in [0.25, 0.3) is 0 Å². The Kier molecular flexibility index (Phi) is 3.55. The van der Waals surface area contributed by atoms with Gasteiger partial charge in [-0.15, -0.1) is 0 Å². The zero-order valence-corrected chi connectivity index (χ0v) is 8.04. The van der Waals surface area contributed by atoms with E-state index < -0.39 is 29.1 Å². The van der Waals surface area contributed by atoms with Crippen molar-refractivity contribution in [2.75, 3.05) is 0 Å². The van der Waals surface area contributed by atoms with Crippen molar-refractivity contribution in [2.45, 2.75) is 12.8 Å². The van der Waals surface area contributed by atoms with Crippen molar-refractivity contribution >= 4 is 11.9 Å². The Labute approximate surface area is 89.1 Å². The molecule has 1 aromatic rings. The van der Waals surface area contributed by atoms with Gasteiger partial charge in [-0.25, -0.2) is 13.6 Å². The number of hydrogen-bond acceptors (Lipinski definition) is 2. The number of carbonyl (C=O) groups is 2. The predicted octanol–water partition coefficient (Wildman–Crippen LogP) is 1.68. The van der Waals surface area contributed by atoms with Crippen molar-refractivity contribution in [2.24, 2.45) is 0 Å². The van der Waals surface area contributed by atoms with Gasteiger partial charge >= 0.3 is 11.9 Å². The van der Waals surface area contributed by atoms with Crippen LogP contribution >= 0.6 is 0 Å². The molecule has 0 aliphatic carbocycles. The lowest BCUT2D eigenvalue weighted by Crippen LogP contribution is -2.06. The summed E-state index contributed by atoms with van der Waals surface area (Å²) in [6.45, 7) is 0. The first-order chi connectivity index (χ1) is 7.41. The minimum Gasteiger partial charge on any atom is -0.481 e. The Bertz CT molecular complexity index is 443. The van der Waals surface area contributed by atoms with Crippen molar-refractivity contribution in [3.8, 4) is 0 Å². The average molecular weight is 230 g/mol. The lowest BCUT2D eigenvalue weighted by molar-refractivity contribution is -0.136. The standard InChI is InChI=1S/C10H8F2O4/c11-7-4-8(12)6(10(15)16)3-5(7)1-2-9(13)14/h3-4H,1-2H2,(H,13,14)(H,15,16). The zero-order valence-electron chi connectivity index (χ0n) is 8.04. The maximum atomic E-state index is 13.1. The van der Waals surface area contributed by atoms with E-state index in [1.807, 2.05) is 0 Å². The topological polar surface area (TPSA) is 74.6 Å². The molecule has 0 radical (unpaired) electrons. The van der Waals surface area contributed by atoms with Crippen LogP contribution < -0.4 is 0 Å². The van der Waals surface area contributed by atoms with Crippen LogP contribution in [-0.4, -0.2) is 22.2 Å². The average Bonchev–Trinajstić information content (AvgIpc) is 2.15. The molecule has 0 fully saturated rings. The van der Waals surface area contributed by atoms with Gasteiger partial charge in [0, 0.05) is 12.5 Å². The third-order valence-electron chi connectivity index (χ3n) is 1.97. The molecular weight excluding hydrogens is 222 g/mol. The quantitative estimate of drug-likeness (QED) is 0.825. The molecule has 1 aromatic carbocycles. The number of rotatable bonds is 4. The molecule has 0 heterocycles. The number of halogens is 2. The van der Waals surface area contributed by atoms with Gasteiger partial charge in [-0.2, -0.15) is 0 Å². The molecule has 0 saturated heterocycles. The fourth-order valence-corrected chi connectivity index (χ4v) is 1.19. The Balaban J connectivity index is 3.05. The molecule has 4 nitrogen and oxygen atoms in total.